The molecule has 0 aliphatic carbocycles. The van der Waals surface area contributed by atoms with Gasteiger partial charge in [0, 0.05) is 17.8 Å². The summed E-state index contributed by atoms with van der Waals surface area (Å²) >= 11 is 0. The standard InChI is InChI=1S/C11H10N2O2/c1-15-11-6-8(4-5-12-11)10-3-2-9(14)7-13-10/h2-7,14H,1H3. The summed E-state index contributed by atoms with van der Waals surface area (Å²) in [6.07, 6.45) is 3.06. The van der Waals surface area contributed by atoms with E-state index in [-0.39, 0.29) is 5.75 Å². The van der Waals surface area contributed by atoms with E-state index < -0.39 is 0 Å². The monoisotopic (exact) mass is 202 g/mol. The van der Waals surface area contributed by atoms with Crippen LogP contribution in [-0.4, -0.2) is 22.2 Å². The third kappa shape index (κ3) is 2.04. The van der Waals surface area contributed by atoms with E-state index in [1.165, 1.54) is 6.20 Å². The van der Waals surface area contributed by atoms with Gasteiger partial charge in [-0.3, -0.25) is 4.98 Å². The Labute approximate surface area is 87.2 Å². The molecule has 0 aliphatic rings. The highest BCUT2D eigenvalue weighted by molar-refractivity contribution is 5.60. The smallest absolute Gasteiger partial charge is 0.213 e. The van der Waals surface area contributed by atoms with Crippen molar-refractivity contribution in [3.05, 3.63) is 36.7 Å². The Morgan fingerprint density at radius 1 is 1.20 bits per heavy atom. The largest absolute Gasteiger partial charge is 0.506 e. The molecule has 1 N–H and O–H groups in total. The summed E-state index contributed by atoms with van der Waals surface area (Å²) in [6.45, 7) is 0. The first-order valence-electron chi connectivity index (χ1n) is 4.45. The Morgan fingerprint density at radius 3 is 2.73 bits per heavy atom. The molecule has 0 amide bonds. The molecule has 0 saturated carbocycles. The van der Waals surface area contributed by atoms with Crippen LogP contribution in [0.25, 0.3) is 11.3 Å². The summed E-state index contributed by atoms with van der Waals surface area (Å²) in [6, 6.07) is 6.96. The van der Waals surface area contributed by atoms with Gasteiger partial charge in [0.05, 0.1) is 19.0 Å². The van der Waals surface area contributed by atoms with Gasteiger partial charge in [0.25, 0.3) is 0 Å². The lowest BCUT2D eigenvalue weighted by molar-refractivity contribution is 0.398. The molecule has 0 fully saturated rings. The highest BCUT2D eigenvalue weighted by Gasteiger charge is 2.01. The fraction of sp³-hybridized carbons (Fsp3) is 0.0909. The van der Waals surface area contributed by atoms with Crippen LogP contribution in [-0.2, 0) is 0 Å². The van der Waals surface area contributed by atoms with Gasteiger partial charge >= 0.3 is 0 Å². The van der Waals surface area contributed by atoms with Crippen molar-refractivity contribution < 1.29 is 9.84 Å². The molecule has 4 nitrogen and oxygen atoms in total. The molecule has 15 heavy (non-hydrogen) atoms. The third-order valence-corrected chi connectivity index (χ3v) is 1.99. The van der Waals surface area contributed by atoms with Gasteiger partial charge < -0.3 is 9.84 Å². The van der Waals surface area contributed by atoms with Gasteiger partial charge in [-0.25, -0.2) is 4.98 Å². The Morgan fingerprint density at radius 2 is 2.07 bits per heavy atom. The second-order valence-corrected chi connectivity index (χ2v) is 2.99. The Bertz CT molecular complexity index is 454. The maximum atomic E-state index is 9.10. The number of hydrogen-bond donors (Lipinski definition) is 1. The Balaban J connectivity index is 2.40. The second-order valence-electron chi connectivity index (χ2n) is 2.99. The summed E-state index contributed by atoms with van der Waals surface area (Å²) in [5, 5.41) is 9.10. The predicted molar refractivity (Wildman–Crippen MR) is 55.7 cm³/mol. The summed E-state index contributed by atoms with van der Waals surface area (Å²) < 4.78 is 5.01. The van der Waals surface area contributed by atoms with Gasteiger partial charge in [-0.2, -0.15) is 0 Å². The van der Waals surface area contributed by atoms with Crippen LogP contribution in [0.5, 0.6) is 11.6 Å². The van der Waals surface area contributed by atoms with Crippen LogP contribution >= 0.6 is 0 Å². The molecule has 0 bridgehead atoms. The molecule has 0 spiro atoms. The fourth-order valence-electron chi connectivity index (χ4n) is 1.24. The van der Waals surface area contributed by atoms with Crippen LogP contribution < -0.4 is 4.74 Å². The maximum absolute atomic E-state index is 9.10. The average molecular weight is 202 g/mol. The number of aromatic nitrogens is 2. The zero-order chi connectivity index (χ0) is 10.7. The van der Waals surface area contributed by atoms with Crippen LogP contribution in [0.4, 0.5) is 0 Å². The van der Waals surface area contributed by atoms with Gasteiger partial charge in [0.1, 0.15) is 5.75 Å². The zero-order valence-corrected chi connectivity index (χ0v) is 8.21. The Hall–Kier alpha value is -2.10. The summed E-state index contributed by atoms with van der Waals surface area (Å²) in [7, 11) is 1.57. The van der Waals surface area contributed by atoms with E-state index in [1.807, 2.05) is 6.07 Å². The van der Waals surface area contributed by atoms with E-state index in [2.05, 4.69) is 9.97 Å². The van der Waals surface area contributed by atoms with E-state index in [0.717, 1.165) is 11.3 Å². The number of nitrogens with zero attached hydrogens (tertiary/aromatic N) is 2. The minimum Gasteiger partial charge on any atom is -0.506 e. The normalized spacial score (nSPS) is 9.93. The molecule has 0 saturated heterocycles. The third-order valence-electron chi connectivity index (χ3n) is 1.99. The second kappa shape index (κ2) is 3.96. The van der Waals surface area contributed by atoms with Gasteiger partial charge in [-0.15, -0.1) is 0 Å². The molecule has 0 radical (unpaired) electrons. The van der Waals surface area contributed by atoms with Gasteiger partial charge in [0.2, 0.25) is 5.88 Å². The average Bonchev–Trinajstić information content (AvgIpc) is 2.30. The minimum absolute atomic E-state index is 0.153. The molecule has 4 heteroatoms. The summed E-state index contributed by atoms with van der Waals surface area (Å²) in [5.41, 5.74) is 1.68. The van der Waals surface area contributed by atoms with Crippen molar-refractivity contribution in [2.75, 3.05) is 7.11 Å². The molecule has 0 aliphatic heterocycles. The summed E-state index contributed by atoms with van der Waals surface area (Å²) in [5.74, 6) is 0.696. The highest BCUT2D eigenvalue weighted by atomic mass is 16.5. The number of pyridine rings is 2. The fourth-order valence-corrected chi connectivity index (χ4v) is 1.24. The maximum Gasteiger partial charge on any atom is 0.213 e. The van der Waals surface area contributed by atoms with E-state index in [0.29, 0.717) is 5.88 Å². The number of rotatable bonds is 2. The van der Waals surface area contributed by atoms with Crippen molar-refractivity contribution >= 4 is 0 Å². The number of ether oxygens (including phenoxy) is 1. The van der Waals surface area contributed by atoms with Crippen molar-refractivity contribution in [2.24, 2.45) is 0 Å². The van der Waals surface area contributed by atoms with E-state index in [1.54, 1.807) is 31.5 Å². The van der Waals surface area contributed by atoms with Crippen LogP contribution in [0.15, 0.2) is 36.7 Å². The molecule has 76 valence electrons. The molecule has 2 aromatic heterocycles. The topological polar surface area (TPSA) is 55.2 Å². The quantitative estimate of drug-likeness (QED) is 0.807. The van der Waals surface area contributed by atoms with Crippen LogP contribution in [0.2, 0.25) is 0 Å². The first kappa shape index (κ1) is 9.45. The molecular formula is C11H10N2O2. The van der Waals surface area contributed by atoms with Gasteiger partial charge in [-0.1, -0.05) is 0 Å². The molecule has 0 unspecified atom stereocenters. The van der Waals surface area contributed by atoms with Crippen LogP contribution in [0.3, 0.4) is 0 Å². The molecular weight excluding hydrogens is 192 g/mol. The molecule has 2 heterocycles. The first-order valence-corrected chi connectivity index (χ1v) is 4.45. The van der Waals surface area contributed by atoms with Crippen molar-refractivity contribution in [3.8, 4) is 22.9 Å². The lowest BCUT2D eigenvalue weighted by atomic mass is 10.2. The van der Waals surface area contributed by atoms with Crippen molar-refractivity contribution in [3.63, 3.8) is 0 Å². The predicted octanol–water partition coefficient (Wildman–Crippen LogP) is 1.86. The van der Waals surface area contributed by atoms with Crippen molar-refractivity contribution in [1.82, 2.24) is 9.97 Å². The van der Waals surface area contributed by atoms with Crippen LogP contribution in [0.1, 0.15) is 0 Å². The molecule has 0 atom stereocenters. The van der Waals surface area contributed by atoms with Crippen molar-refractivity contribution in [2.45, 2.75) is 0 Å². The lowest BCUT2D eigenvalue weighted by Gasteiger charge is -2.02. The van der Waals surface area contributed by atoms with Gasteiger partial charge in [-0.05, 0) is 18.2 Å². The number of hydrogen-bond acceptors (Lipinski definition) is 4. The van der Waals surface area contributed by atoms with Crippen molar-refractivity contribution in [1.29, 1.82) is 0 Å². The van der Waals surface area contributed by atoms with E-state index in [4.69, 9.17) is 9.84 Å². The first-order chi connectivity index (χ1) is 7.29. The number of aromatic hydroxyl groups is 1. The summed E-state index contributed by atoms with van der Waals surface area (Å²) in [4.78, 5) is 8.09. The van der Waals surface area contributed by atoms with Gasteiger partial charge in [0.15, 0.2) is 0 Å². The van der Waals surface area contributed by atoms with E-state index in [9.17, 15) is 0 Å². The zero-order valence-electron chi connectivity index (χ0n) is 8.21. The lowest BCUT2D eigenvalue weighted by Crippen LogP contribution is -1.88. The molecule has 2 aromatic rings. The highest BCUT2D eigenvalue weighted by Crippen LogP contribution is 2.21. The minimum atomic E-state index is 0.153. The molecule has 0 aromatic carbocycles. The van der Waals surface area contributed by atoms with Crippen LogP contribution in [0, 0.1) is 0 Å². The SMILES string of the molecule is COc1cc(-c2ccc(O)cn2)ccn1. The Kier molecular flexibility index (Phi) is 2.49. The molecule has 2 rings (SSSR count). The van der Waals surface area contributed by atoms with E-state index >= 15 is 0 Å². The number of methoxy groups -OCH3 is 1.